The first-order chi connectivity index (χ1) is 9.15. The van der Waals surface area contributed by atoms with Crippen LogP contribution in [0.5, 0.6) is 0 Å². The Morgan fingerprint density at radius 3 is 2.26 bits per heavy atom. The van der Waals surface area contributed by atoms with Crippen LogP contribution < -0.4 is 0 Å². The Balaban J connectivity index is 1.99. The smallest absolute Gasteiger partial charge is 0.261 e. The molecule has 0 spiro atoms. The van der Waals surface area contributed by atoms with E-state index >= 15 is 0 Å². The first-order valence-electron chi connectivity index (χ1n) is 5.90. The zero-order valence-corrected chi connectivity index (χ0v) is 10.9. The van der Waals surface area contributed by atoms with E-state index in [0.29, 0.717) is 17.5 Å². The van der Waals surface area contributed by atoms with Crippen LogP contribution in [0.1, 0.15) is 33.6 Å². The van der Waals surface area contributed by atoms with Gasteiger partial charge in [-0.15, -0.1) is 0 Å². The number of fused-ring (bicyclic) bond motifs is 1. The minimum atomic E-state index is -0.291. The molecule has 0 unspecified atom stereocenters. The molecule has 5 heteroatoms. The first-order valence-corrected chi connectivity index (χ1v) is 6.33. The van der Waals surface area contributed by atoms with E-state index in [4.69, 9.17) is 11.6 Å². The fourth-order valence-corrected chi connectivity index (χ4v) is 2.15. The number of nitrogens with zero attached hydrogens (tertiary/aromatic N) is 1. The largest absolute Gasteiger partial charge is 0.295 e. The maximum absolute atomic E-state index is 12.0. The van der Waals surface area contributed by atoms with E-state index in [-0.39, 0.29) is 30.6 Å². The van der Waals surface area contributed by atoms with Gasteiger partial charge < -0.3 is 0 Å². The third-order valence-corrected chi connectivity index (χ3v) is 3.06. The molecule has 0 saturated carbocycles. The molecule has 0 saturated heterocycles. The highest BCUT2D eigenvalue weighted by Gasteiger charge is 2.34. The predicted octanol–water partition coefficient (Wildman–Crippen LogP) is 2.38. The molecule has 98 valence electrons. The van der Waals surface area contributed by atoms with Crippen molar-refractivity contribution in [3.63, 3.8) is 0 Å². The summed E-state index contributed by atoms with van der Waals surface area (Å²) in [6.45, 7) is 0.244. The molecule has 0 atom stereocenters. The molecule has 2 amide bonds. The van der Waals surface area contributed by atoms with E-state index in [9.17, 15) is 14.4 Å². The summed E-state index contributed by atoms with van der Waals surface area (Å²) >= 11 is 5.29. The summed E-state index contributed by atoms with van der Waals surface area (Å²) in [7, 11) is 0. The lowest BCUT2D eigenvalue weighted by atomic mass is 10.1. The van der Waals surface area contributed by atoms with Crippen molar-refractivity contribution in [2.24, 2.45) is 0 Å². The van der Waals surface area contributed by atoms with Gasteiger partial charge in [-0.3, -0.25) is 19.3 Å². The molecule has 0 bridgehead atoms. The molecule has 0 N–H and O–H groups in total. The van der Waals surface area contributed by atoms with Gasteiger partial charge in [-0.25, -0.2) is 0 Å². The fourth-order valence-electron chi connectivity index (χ4n) is 2.01. The first kappa shape index (κ1) is 13.5. The van der Waals surface area contributed by atoms with Gasteiger partial charge in [0.15, 0.2) is 5.78 Å². The number of amides is 2. The molecule has 2 rings (SSSR count). The van der Waals surface area contributed by atoms with E-state index < -0.39 is 0 Å². The summed E-state index contributed by atoms with van der Waals surface area (Å²) in [6, 6.07) is 6.72. The Morgan fingerprint density at radius 1 is 1.16 bits per heavy atom. The Kier molecular flexibility index (Phi) is 4.12. The zero-order chi connectivity index (χ0) is 13.8. The minimum Gasteiger partial charge on any atom is -0.295 e. The van der Waals surface area contributed by atoms with Crippen molar-refractivity contribution in [3.8, 4) is 0 Å². The quantitative estimate of drug-likeness (QED) is 0.613. The second-order valence-corrected chi connectivity index (χ2v) is 4.42. The number of hydrogen-bond acceptors (Lipinski definition) is 3. The normalized spacial score (nSPS) is 14.3. The lowest BCUT2D eigenvalue weighted by Crippen LogP contribution is -2.30. The van der Waals surface area contributed by atoms with Crippen molar-refractivity contribution in [2.45, 2.75) is 12.8 Å². The summed E-state index contributed by atoms with van der Waals surface area (Å²) in [5.74, 6) is -0.700. The van der Waals surface area contributed by atoms with E-state index in [2.05, 4.69) is 0 Å². The number of benzene rings is 1. The predicted molar refractivity (Wildman–Crippen MR) is 71.0 cm³/mol. The molecule has 1 heterocycles. The number of carbonyl (C=O) groups excluding carboxylic acids is 3. The summed E-state index contributed by atoms with van der Waals surface area (Å²) < 4.78 is 0. The highest BCUT2D eigenvalue weighted by atomic mass is 35.5. The lowest BCUT2D eigenvalue weighted by molar-refractivity contribution is -0.114. The van der Waals surface area contributed by atoms with Crippen molar-refractivity contribution in [1.82, 2.24) is 4.90 Å². The Morgan fingerprint density at radius 2 is 1.74 bits per heavy atom. The third kappa shape index (κ3) is 2.74. The third-order valence-electron chi connectivity index (χ3n) is 2.93. The van der Waals surface area contributed by atoms with Gasteiger partial charge in [0.1, 0.15) is 0 Å². The molecule has 1 aromatic rings. The van der Waals surface area contributed by atoms with Crippen molar-refractivity contribution in [3.05, 3.63) is 47.0 Å². The van der Waals surface area contributed by atoms with Gasteiger partial charge in [0.2, 0.25) is 0 Å². The van der Waals surface area contributed by atoms with Crippen LogP contribution in [0.2, 0.25) is 0 Å². The summed E-state index contributed by atoms with van der Waals surface area (Å²) in [6.07, 6.45) is 1.96. The molecule has 1 aliphatic rings. The molecule has 0 aromatic heterocycles. The fraction of sp³-hybridized carbons (Fsp3) is 0.214. The van der Waals surface area contributed by atoms with E-state index in [0.717, 1.165) is 5.54 Å². The van der Waals surface area contributed by atoms with E-state index in [1.807, 2.05) is 0 Å². The summed E-state index contributed by atoms with van der Waals surface area (Å²) in [5, 5.41) is 0. The maximum atomic E-state index is 12.0. The van der Waals surface area contributed by atoms with Gasteiger partial charge in [-0.05, 0) is 24.6 Å². The second kappa shape index (κ2) is 5.80. The standard InChI is InChI=1S/C14H12ClNO3/c15-8-7-10(17)4-3-9-16-13(18)11-5-1-2-6-12(11)14(16)19/h1-2,5-8H,3-4,9H2. The molecule has 4 nitrogen and oxygen atoms in total. The van der Waals surface area contributed by atoms with Crippen LogP contribution in [0.4, 0.5) is 0 Å². The number of carbonyl (C=O) groups is 3. The number of allylic oxidation sites excluding steroid dienone is 1. The van der Waals surface area contributed by atoms with Crippen molar-refractivity contribution in [2.75, 3.05) is 6.54 Å². The van der Waals surface area contributed by atoms with Crippen molar-refractivity contribution >= 4 is 29.2 Å². The highest BCUT2D eigenvalue weighted by molar-refractivity contribution is 6.26. The maximum Gasteiger partial charge on any atom is 0.261 e. The van der Waals surface area contributed by atoms with Crippen LogP contribution in [0.15, 0.2) is 35.9 Å². The van der Waals surface area contributed by atoms with Crippen molar-refractivity contribution in [1.29, 1.82) is 0 Å². The van der Waals surface area contributed by atoms with Gasteiger partial charge in [-0.2, -0.15) is 0 Å². The average molecular weight is 278 g/mol. The topological polar surface area (TPSA) is 54.5 Å². The van der Waals surface area contributed by atoms with Crippen LogP contribution in [-0.2, 0) is 4.79 Å². The van der Waals surface area contributed by atoms with Gasteiger partial charge in [0.05, 0.1) is 11.1 Å². The van der Waals surface area contributed by atoms with E-state index in [1.165, 1.54) is 11.0 Å². The lowest BCUT2D eigenvalue weighted by Gasteiger charge is -2.12. The van der Waals surface area contributed by atoms with E-state index in [1.54, 1.807) is 24.3 Å². The minimum absolute atomic E-state index is 0.119. The highest BCUT2D eigenvalue weighted by Crippen LogP contribution is 2.22. The number of rotatable bonds is 5. The number of imide groups is 1. The SMILES string of the molecule is O=C(C=CCl)CCCN1C(=O)c2ccccc2C1=O. The molecule has 1 aromatic carbocycles. The Hall–Kier alpha value is -1.94. The molecular weight excluding hydrogens is 266 g/mol. The average Bonchev–Trinajstić information content (AvgIpc) is 2.65. The second-order valence-electron chi connectivity index (χ2n) is 4.17. The van der Waals surface area contributed by atoms with Crippen LogP contribution in [0.25, 0.3) is 0 Å². The molecule has 1 aliphatic heterocycles. The van der Waals surface area contributed by atoms with Crippen LogP contribution in [-0.4, -0.2) is 29.0 Å². The molecule has 0 radical (unpaired) electrons. The molecular formula is C14H12ClNO3. The van der Waals surface area contributed by atoms with Crippen LogP contribution in [0, 0.1) is 0 Å². The number of hydrogen-bond donors (Lipinski definition) is 0. The van der Waals surface area contributed by atoms with Gasteiger partial charge in [0.25, 0.3) is 11.8 Å². The summed E-state index contributed by atoms with van der Waals surface area (Å²) in [4.78, 5) is 36.4. The van der Waals surface area contributed by atoms with Gasteiger partial charge in [0, 0.05) is 18.5 Å². The van der Waals surface area contributed by atoms with Gasteiger partial charge in [-0.1, -0.05) is 23.7 Å². The molecule has 19 heavy (non-hydrogen) atoms. The number of ketones is 1. The van der Waals surface area contributed by atoms with Crippen molar-refractivity contribution < 1.29 is 14.4 Å². The number of halogens is 1. The van der Waals surface area contributed by atoms with Crippen LogP contribution in [0.3, 0.4) is 0 Å². The zero-order valence-electron chi connectivity index (χ0n) is 10.1. The monoisotopic (exact) mass is 277 g/mol. The molecule has 0 aliphatic carbocycles. The molecule has 0 fully saturated rings. The Labute approximate surface area is 115 Å². The Bertz CT molecular complexity index is 531. The van der Waals surface area contributed by atoms with Crippen LogP contribution >= 0.6 is 11.6 Å². The van der Waals surface area contributed by atoms with Gasteiger partial charge >= 0.3 is 0 Å². The summed E-state index contributed by atoms with van der Waals surface area (Å²) in [5.41, 5.74) is 2.02.